The van der Waals surface area contributed by atoms with E-state index in [1.807, 2.05) is 6.07 Å². The minimum Gasteiger partial charge on any atom is -0.468 e. The SMILES string of the molecule is COC(=O)CN=C1OC(=O)N2C(=O)C3=C4C(CC5C(=O)N(c6ccccc6)C(=O)C5C4[C@@]12Cc1ccccc1)C1C(=O)N(c2ccccc2)C(=O)C1C3C. The van der Waals surface area contributed by atoms with Gasteiger partial charge in [0.1, 0.15) is 12.1 Å². The van der Waals surface area contributed by atoms with Crippen molar-refractivity contribution >= 4 is 58.9 Å². The zero-order chi connectivity index (χ0) is 37.6. The number of aliphatic imine (C=N–C) groups is 1. The zero-order valence-electron chi connectivity index (χ0n) is 29.3. The minimum absolute atomic E-state index is 0.0155. The van der Waals surface area contributed by atoms with Crippen LogP contribution in [0.5, 0.6) is 0 Å². The van der Waals surface area contributed by atoms with Crippen LogP contribution in [0.4, 0.5) is 16.2 Å². The largest absolute Gasteiger partial charge is 0.468 e. The third kappa shape index (κ3) is 4.44. The number of rotatable bonds is 6. The fraction of sp³-hybridized carbons (Fsp3) is 0.317. The molecular weight excluding hydrogens is 692 g/mol. The molecule has 4 heterocycles. The summed E-state index contributed by atoms with van der Waals surface area (Å²) in [4.78, 5) is 108. The number of ether oxygens (including phenoxy) is 2. The maximum atomic E-state index is 15.1. The maximum Gasteiger partial charge on any atom is 0.424 e. The zero-order valence-corrected chi connectivity index (χ0v) is 29.3. The maximum absolute atomic E-state index is 15.1. The Balaban J connectivity index is 1.31. The predicted molar refractivity (Wildman–Crippen MR) is 190 cm³/mol. The Kier molecular flexibility index (Phi) is 7.56. The van der Waals surface area contributed by atoms with Crippen LogP contribution in [0.1, 0.15) is 18.9 Å². The van der Waals surface area contributed by atoms with Crippen molar-refractivity contribution in [3.05, 3.63) is 108 Å². The Labute approximate surface area is 309 Å². The number of benzene rings is 3. The number of carbonyl (C=O) groups excluding carboxylic acids is 7. The van der Waals surface area contributed by atoms with Gasteiger partial charge < -0.3 is 9.47 Å². The average molecular weight is 727 g/mol. The fourth-order valence-electron chi connectivity index (χ4n) is 10.2. The number of esters is 1. The van der Waals surface area contributed by atoms with Crippen molar-refractivity contribution in [1.82, 2.24) is 4.90 Å². The number of nitrogens with zero attached hydrogens (tertiary/aromatic N) is 4. The molecule has 4 aliphatic heterocycles. The van der Waals surface area contributed by atoms with Crippen LogP contribution in [0.25, 0.3) is 0 Å². The lowest BCUT2D eigenvalue weighted by molar-refractivity contribution is -0.139. The van der Waals surface area contributed by atoms with Crippen molar-refractivity contribution in [3.8, 4) is 0 Å². The molecule has 13 heteroatoms. The number of amides is 6. The standard InChI is InChI=1S/C41H34N4O9/c1-21-28-30-25(31-29(21)35(48)44(36(31)49)24-16-10-5-11-17-24)18-26-32(37(50)43(34(26)47)23-14-8-4-9-15-23)33(30)41(19-22-12-6-3-7-13-22)39(42-20-27(46)53-2)54-40(52)45(41)38(28)51/h3-17,21,25-26,29,31-33H,18-20H2,1-2H3/t21?,25?,26?,29?,31?,32?,33?,41-/m0/s1. The van der Waals surface area contributed by atoms with Gasteiger partial charge in [-0.2, -0.15) is 0 Å². The van der Waals surface area contributed by atoms with E-state index in [0.717, 1.165) is 14.7 Å². The molecule has 6 amide bonds. The van der Waals surface area contributed by atoms with Gasteiger partial charge in [-0.3, -0.25) is 38.6 Å². The summed E-state index contributed by atoms with van der Waals surface area (Å²) in [6, 6.07) is 26.0. The van der Waals surface area contributed by atoms with Gasteiger partial charge in [0.25, 0.3) is 5.91 Å². The number of hydrogen-bond acceptors (Lipinski definition) is 10. The molecule has 0 aromatic heterocycles. The second-order valence-electron chi connectivity index (χ2n) is 14.6. The summed E-state index contributed by atoms with van der Waals surface area (Å²) in [6.45, 7) is 1.14. The molecule has 2 aliphatic carbocycles. The highest BCUT2D eigenvalue weighted by Gasteiger charge is 2.75. The predicted octanol–water partition coefficient (Wildman–Crippen LogP) is 3.73. The van der Waals surface area contributed by atoms with Crippen molar-refractivity contribution in [3.63, 3.8) is 0 Å². The highest BCUT2D eigenvalue weighted by molar-refractivity contribution is 6.26. The number of cyclic esters (lactones) is 1. The van der Waals surface area contributed by atoms with Crippen LogP contribution < -0.4 is 9.80 Å². The molecule has 3 aromatic rings. The van der Waals surface area contributed by atoms with E-state index in [0.29, 0.717) is 22.5 Å². The molecule has 6 aliphatic rings. The second kappa shape index (κ2) is 12.2. The van der Waals surface area contributed by atoms with Crippen LogP contribution in [0, 0.1) is 41.4 Å². The Morgan fingerprint density at radius 3 is 1.93 bits per heavy atom. The van der Waals surface area contributed by atoms with Crippen LogP contribution in [0.3, 0.4) is 0 Å². The molecule has 0 bridgehead atoms. The van der Waals surface area contributed by atoms with Crippen LogP contribution in [0.2, 0.25) is 0 Å². The molecule has 7 unspecified atom stereocenters. The highest BCUT2D eigenvalue weighted by atomic mass is 16.6. The molecule has 13 nitrogen and oxygen atoms in total. The smallest absolute Gasteiger partial charge is 0.424 e. The quantitative estimate of drug-likeness (QED) is 0.273. The first-order valence-electron chi connectivity index (χ1n) is 17.9. The molecule has 0 spiro atoms. The first kappa shape index (κ1) is 33.6. The van der Waals surface area contributed by atoms with E-state index in [9.17, 15) is 28.8 Å². The summed E-state index contributed by atoms with van der Waals surface area (Å²) in [6.07, 6.45) is -1.13. The van der Waals surface area contributed by atoms with Gasteiger partial charge in [-0.1, -0.05) is 79.2 Å². The number of para-hydroxylation sites is 2. The highest BCUT2D eigenvalue weighted by Crippen LogP contribution is 2.64. The second-order valence-corrected chi connectivity index (χ2v) is 14.6. The number of anilines is 2. The van der Waals surface area contributed by atoms with Gasteiger partial charge in [0.05, 0.1) is 42.2 Å². The third-order valence-electron chi connectivity index (χ3n) is 12.2. The van der Waals surface area contributed by atoms with Crippen molar-refractivity contribution in [1.29, 1.82) is 0 Å². The lowest BCUT2D eigenvalue weighted by atomic mass is 9.49. The van der Waals surface area contributed by atoms with Gasteiger partial charge in [-0.15, -0.1) is 0 Å². The van der Waals surface area contributed by atoms with Gasteiger partial charge in [0, 0.05) is 17.9 Å². The Hall–Kier alpha value is -6.24. The van der Waals surface area contributed by atoms with E-state index >= 15 is 4.79 Å². The molecule has 54 heavy (non-hydrogen) atoms. The molecule has 0 N–H and O–H groups in total. The molecule has 4 fully saturated rings. The Bertz CT molecular complexity index is 2240. The molecule has 8 atom stereocenters. The van der Waals surface area contributed by atoms with Crippen molar-refractivity contribution in [2.75, 3.05) is 23.5 Å². The first-order valence-corrected chi connectivity index (χ1v) is 17.9. The Morgan fingerprint density at radius 1 is 0.759 bits per heavy atom. The van der Waals surface area contributed by atoms with Crippen LogP contribution >= 0.6 is 0 Å². The summed E-state index contributed by atoms with van der Waals surface area (Å²) in [7, 11) is 1.19. The van der Waals surface area contributed by atoms with Crippen molar-refractivity contribution in [2.45, 2.75) is 25.3 Å². The molecule has 9 rings (SSSR count). The molecular formula is C41H34N4O9. The monoisotopic (exact) mass is 726 g/mol. The summed E-state index contributed by atoms with van der Waals surface area (Å²) >= 11 is 0. The minimum atomic E-state index is -1.83. The van der Waals surface area contributed by atoms with Gasteiger partial charge >= 0.3 is 12.1 Å². The average Bonchev–Trinajstić information content (AvgIpc) is 3.72. The van der Waals surface area contributed by atoms with E-state index in [-0.39, 0.29) is 24.3 Å². The number of fused-ring (bicyclic) bond motifs is 6. The summed E-state index contributed by atoms with van der Waals surface area (Å²) in [5.74, 6) is -10.6. The van der Waals surface area contributed by atoms with Crippen LogP contribution in [0.15, 0.2) is 107 Å². The van der Waals surface area contributed by atoms with E-state index in [2.05, 4.69) is 4.99 Å². The summed E-state index contributed by atoms with van der Waals surface area (Å²) < 4.78 is 10.7. The molecule has 3 aromatic carbocycles. The van der Waals surface area contributed by atoms with E-state index in [1.165, 1.54) is 7.11 Å². The van der Waals surface area contributed by atoms with Gasteiger partial charge in [0.2, 0.25) is 29.5 Å². The lowest BCUT2D eigenvalue weighted by Gasteiger charge is -2.56. The number of hydrogen-bond donors (Lipinski definition) is 0. The van der Waals surface area contributed by atoms with Gasteiger partial charge in [-0.25, -0.2) is 14.7 Å². The van der Waals surface area contributed by atoms with E-state index < -0.39 is 95.1 Å². The van der Waals surface area contributed by atoms with Gasteiger partial charge in [0.15, 0.2) is 0 Å². The molecule has 272 valence electrons. The first-order chi connectivity index (χ1) is 26.1. The fourth-order valence-corrected chi connectivity index (χ4v) is 10.2. The summed E-state index contributed by atoms with van der Waals surface area (Å²) in [5.41, 5.74) is 0.180. The third-order valence-corrected chi connectivity index (χ3v) is 12.2. The molecule has 0 radical (unpaired) electrons. The van der Waals surface area contributed by atoms with E-state index in [4.69, 9.17) is 9.47 Å². The number of methoxy groups -OCH3 is 1. The molecule has 1 saturated carbocycles. The van der Waals surface area contributed by atoms with Crippen LogP contribution in [-0.2, 0) is 44.7 Å². The van der Waals surface area contributed by atoms with Crippen molar-refractivity contribution in [2.24, 2.45) is 46.4 Å². The van der Waals surface area contributed by atoms with Crippen molar-refractivity contribution < 1.29 is 43.0 Å². The molecule has 3 saturated heterocycles. The Morgan fingerprint density at radius 2 is 1.31 bits per heavy atom. The number of carbonyl (C=O) groups is 7. The normalized spacial score (nSPS) is 31.8. The lowest BCUT2D eigenvalue weighted by Crippen LogP contribution is -2.68. The van der Waals surface area contributed by atoms with E-state index in [1.54, 1.807) is 91.9 Å². The van der Waals surface area contributed by atoms with Gasteiger partial charge in [-0.05, 0) is 48.1 Å². The topological polar surface area (TPSA) is 160 Å². The van der Waals surface area contributed by atoms with Crippen LogP contribution in [-0.4, -0.2) is 71.6 Å². The summed E-state index contributed by atoms with van der Waals surface area (Å²) in [5, 5.41) is 0. The number of imide groups is 3.